The molecule has 0 N–H and O–H groups in total. The van der Waals surface area contributed by atoms with Gasteiger partial charge in [-0.3, -0.25) is 14.5 Å². The molecule has 9 heteroatoms. The van der Waals surface area contributed by atoms with Gasteiger partial charge in [-0.2, -0.15) is 10.4 Å². The van der Waals surface area contributed by atoms with Crippen LogP contribution in [0.15, 0.2) is 125 Å². The molecule has 1 aliphatic rings. The molecule has 2 amide bonds. The van der Waals surface area contributed by atoms with Crippen LogP contribution >= 0.6 is 0 Å². The zero-order valence-electron chi connectivity index (χ0n) is 23.6. The van der Waals surface area contributed by atoms with Crippen LogP contribution < -0.4 is 4.74 Å². The minimum Gasteiger partial charge on any atom is -0.489 e. The van der Waals surface area contributed by atoms with E-state index in [1.54, 1.807) is 48.1 Å². The quantitative estimate of drug-likeness (QED) is 0.150. The third kappa shape index (κ3) is 5.69. The number of nitriles is 1. The monoisotopic (exact) mass is 584 g/mol. The number of ether oxygens (including phenoxy) is 1. The van der Waals surface area contributed by atoms with Gasteiger partial charge in [0.15, 0.2) is 0 Å². The van der Waals surface area contributed by atoms with Crippen molar-refractivity contribution in [2.75, 3.05) is 0 Å². The lowest BCUT2D eigenvalue weighted by Gasteiger charge is -2.26. The Morgan fingerprint density at radius 3 is 2.39 bits per heavy atom. The van der Waals surface area contributed by atoms with E-state index >= 15 is 0 Å². The Labute approximate surface area is 252 Å². The van der Waals surface area contributed by atoms with Gasteiger partial charge in [-0.25, -0.2) is 9.07 Å². The Morgan fingerprint density at radius 1 is 0.955 bits per heavy atom. The average Bonchev–Trinajstić information content (AvgIpc) is 3.72. The van der Waals surface area contributed by atoms with Gasteiger partial charge >= 0.3 is 0 Å². The SMILES string of the molecule is CC1=C(C#N)C(=O)N(Cc2ccco2)C(=O)/C1=C/c1cn(-c2ccccc2)nc1-c1ccc(OCc2ccc(F)cc2)cc1. The fourth-order valence-electron chi connectivity index (χ4n) is 4.87. The molecular weight excluding hydrogens is 559 g/mol. The number of benzene rings is 3. The van der Waals surface area contributed by atoms with Gasteiger partial charge in [-0.15, -0.1) is 0 Å². The van der Waals surface area contributed by atoms with Gasteiger partial charge in [0.05, 0.1) is 24.2 Å². The molecule has 0 bridgehead atoms. The lowest BCUT2D eigenvalue weighted by atomic mass is 9.93. The van der Waals surface area contributed by atoms with Crippen molar-refractivity contribution in [3.05, 3.63) is 143 Å². The Hall–Kier alpha value is -6.01. The fourth-order valence-corrected chi connectivity index (χ4v) is 4.87. The van der Waals surface area contributed by atoms with Crippen LogP contribution in [-0.4, -0.2) is 26.5 Å². The summed E-state index contributed by atoms with van der Waals surface area (Å²) in [7, 11) is 0. The number of carbonyl (C=O) groups excluding carboxylic acids is 2. The summed E-state index contributed by atoms with van der Waals surface area (Å²) in [5, 5.41) is 14.7. The topological polar surface area (TPSA) is 101 Å². The van der Waals surface area contributed by atoms with Crippen molar-refractivity contribution >= 4 is 17.9 Å². The summed E-state index contributed by atoms with van der Waals surface area (Å²) in [4.78, 5) is 27.8. The van der Waals surface area contributed by atoms with E-state index in [9.17, 15) is 19.2 Å². The molecule has 0 saturated heterocycles. The highest BCUT2D eigenvalue weighted by atomic mass is 19.1. The van der Waals surface area contributed by atoms with Crippen molar-refractivity contribution in [3.63, 3.8) is 0 Å². The van der Waals surface area contributed by atoms with Gasteiger partial charge < -0.3 is 9.15 Å². The second-order valence-corrected chi connectivity index (χ2v) is 10.1. The maximum absolute atomic E-state index is 13.7. The van der Waals surface area contributed by atoms with E-state index in [1.165, 1.54) is 18.4 Å². The van der Waals surface area contributed by atoms with Gasteiger partial charge in [-0.05, 0) is 84.8 Å². The van der Waals surface area contributed by atoms with Crippen molar-refractivity contribution in [2.24, 2.45) is 0 Å². The summed E-state index contributed by atoms with van der Waals surface area (Å²) < 4.78 is 26.2. The van der Waals surface area contributed by atoms with Crippen LogP contribution in [0.25, 0.3) is 23.0 Å². The second-order valence-electron chi connectivity index (χ2n) is 10.1. The van der Waals surface area contributed by atoms with Crippen molar-refractivity contribution in [1.29, 1.82) is 5.26 Å². The molecular formula is C35H25FN4O4. The van der Waals surface area contributed by atoms with Crippen molar-refractivity contribution in [1.82, 2.24) is 14.7 Å². The molecule has 44 heavy (non-hydrogen) atoms. The predicted octanol–water partition coefficient (Wildman–Crippen LogP) is 6.64. The van der Waals surface area contributed by atoms with Gasteiger partial charge in [0.1, 0.15) is 35.6 Å². The van der Waals surface area contributed by atoms with E-state index in [1.807, 2.05) is 60.7 Å². The maximum atomic E-state index is 13.7. The first-order valence-electron chi connectivity index (χ1n) is 13.8. The van der Waals surface area contributed by atoms with Crippen molar-refractivity contribution in [3.8, 4) is 28.8 Å². The van der Waals surface area contributed by atoms with Gasteiger partial charge in [0, 0.05) is 22.9 Å². The van der Waals surface area contributed by atoms with Crippen LogP contribution in [0, 0.1) is 17.1 Å². The Balaban J connectivity index is 1.38. The molecule has 3 heterocycles. The second kappa shape index (κ2) is 12.1. The number of amides is 2. The minimum atomic E-state index is -0.667. The van der Waals surface area contributed by atoms with Crippen LogP contribution in [0.2, 0.25) is 0 Å². The number of para-hydroxylation sites is 1. The molecule has 6 rings (SSSR count). The zero-order chi connectivity index (χ0) is 30.6. The van der Waals surface area contributed by atoms with Crippen LogP contribution in [0.1, 0.15) is 23.8 Å². The van der Waals surface area contributed by atoms with E-state index in [-0.39, 0.29) is 30.1 Å². The number of halogens is 1. The van der Waals surface area contributed by atoms with Gasteiger partial charge in [0.25, 0.3) is 11.8 Å². The Kier molecular flexibility index (Phi) is 7.72. The molecule has 2 aromatic heterocycles. The Bertz CT molecular complexity index is 1930. The summed E-state index contributed by atoms with van der Waals surface area (Å²) in [6, 6.07) is 28.3. The summed E-state index contributed by atoms with van der Waals surface area (Å²) in [5.74, 6) is -0.472. The number of rotatable bonds is 8. The third-order valence-corrected chi connectivity index (χ3v) is 7.23. The van der Waals surface area contributed by atoms with Gasteiger partial charge in [0.2, 0.25) is 0 Å². The fraction of sp³-hybridized carbons (Fsp3) is 0.0857. The Morgan fingerprint density at radius 2 is 1.70 bits per heavy atom. The molecule has 8 nitrogen and oxygen atoms in total. The smallest absolute Gasteiger partial charge is 0.272 e. The lowest BCUT2D eigenvalue weighted by Crippen LogP contribution is -2.42. The van der Waals surface area contributed by atoms with E-state index in [0.717, 1.165) is 21.7 Å². The van der Waals surface area contributed by atoms with E-state index in [2.05, 4.69) is 0 Å². The number of imide groups is 1. The highest BCUT2D eigenvalue weighted by Crippen LogP contribution is 2.32. The van der Waals surface area contributed by atoms with E-state index in [4.69, 9.17) is 14.3 Å². The number of furan rings is 1. The zero-order valence-corrected chi connectivity index (χ0v) is 23.6. The normalized spacial score (nSPS) is 14.3. The highest BCUT2D eigenvalue weighted by Gasteiger charge is 2.36. The molecule has 0 aliphatic carbocycles. The molecule has 5 aromatic rings. The molecule has 0 unspecified atom stereocenters. The number of aromatic nitrogens is 2. The average molecular weight is 585 g/mol. The molecule has 0 saturated carbocycles. The molecule has 216 valence electrons. The third-order valence-electron chi connectivity index (χ3n) is 7.23. The maximum Gasteiger partial charge on any atom is 0.272 e. The number of hydrogen-bond donors (Lipinski definition) is 0. The van der Waals surface area contributed by atoms with Gasteiger partial charge in [-0.1, -0.05) is 30.3 Å². The molecule has 0 atom stereocenters. The minimum absolute atomic E-state index is 0.101. The lowest BCUT2D eigenvalue weighted by molar-refractivity contribution is -0.141. The summed E-state index contributed by atoms with van der Waals surface area (Å²) in [5.41, 5.74) is 4.00. The van der Waals surface area contributed by atoms with Crippen LogP contribution in [0.4, 0.5) is 4.39 Å². The first-order chi connectivity index (χ1) is 21.4. The number of nitrogens with zero attached hydrogens (tertiary/aromatic N) is 4. The van der Waals surface area contributed by atoms with Crippen LogP contribution in [0.3, 0.4) is 0 Å². The van der Waals surface area contributed by atoms with E-state index in [0.29, 0.717) is 28.3 Å². The molecule has 1 aliphatic heterocycles. The highest BCUT2D eigenvalue weighted by molar-refractivity contribution is 6.19. The van der Waals surface area contributed by atoms with Crippen LogP contribution in [-0.2, 0) is 22.7 Å². The summed E-state index contributed by atoms with van der Waals surface area (Å²) >= 11 is 0. The number of carbonyl (C=O) groups is 2. The largest absolute Gasteiger partial charge is 0.489 e. The number of hydrogen-bond acceptors (Lipinski definition) is 6. The first-order valence-corrected chi connectivity index (χ1v) is 13.8. The standard InChI is InChI=1S/C35H25FN4O4/c1-23-31(34(41)39(35(42)32(23)19-37)21-30-8-5-17-43-30)18-26-20-40(28-6-3-2-4-7-28)38-33(26)25-11-15-29(16-12-25)44-22-24-9-13-27(36)14-10-24/h2-18,20H,21-22H2,1H3/b31-18+. The predicted molar refractivity (Wildman–Crippen MR) is 160 cm³/mol. The molecule has 0 fully saturated rings. The molecule has 0 radical (unpaired) electrons. The van der Waals surface area contributed by atoms with Crippen molar-refractivity contribution in [2.45, 2.75) is 20.1 Å². The van der Waals surface area contributed by atoms with E-state index < -0.39 is 11.8 Å². The first kappa shape index (κ1) is 28.1. The summed E-state index contributed by atoms with van der Waals surface area (Å²) in [6.45, 7) is 1.77. The molecule has 3 aromatic carbocycles. The summed E-state index contributed by atoms with van der Waals surface area (Å²) in [6.07, 6.45) is 4.93. The van der Waals surface area contributed by atoms with Crippen molar-refractivity contribution < 1.29 is 23.1 Å². The molecule has 0 spiro atoms. The van der Waals surface area contributed by atoms with Crippen LogP contribution in [0.5, 0.6) is 5.75 Å².